The summed E-state index contributed by atoms with van der Waals surface area (Å²) in [4.78, 5) is 31.0. The van der Waals surface area contributed by atoms with Crippen LogP contribution in [0.2, 0.25) is 0 Å². The van der Waals surface area contributed by atoms with Crippen molar-refractivity contribution in [2.24, 2.45) is 27.5 Å². The molecule has 4 atom stereocenters. The van der Waals surface area contributed by atoms with Crippen LogP contribution in [0.5, 0.6) is 0 Å². The number of nitrogens with two attached hydrogens (primary N) is 1. The minimum atomic E-state index is -0.597. The molecule has 8 heteroatoms. The molecule has 34 heavy (non-hydrogen) atoms. The Hall–Kier alpha value is -2.61. The molecule has 4 bridgehead atoms. The first kappa shape index (κ1) is 23.1. The fourth-order valence-electron chi connectivity index (χ4n) is 8.30. The molecule has 1 heterocycles. The van der Waals surface area contributed by atoms with E-state index in [-0.39, 0.29) is 17.5 Å². The van der Waals surface area contributed by atoms with Crippen LogP contribution in [0.25, 0.3) is 0 Å². The van der Waals surface area contributed by atoms with Gasteiger partial charge >= 0.3 is 0 Å². The summed E-state index contributed by atoms with van der Waals surface area (Å²) in [5.74, 6) is 0.713. The lowest BCUT2D eigenvalue weighted by molar-refractivity contribution is -0.112. The van der Waals surface area contributed by atoms with Crippen molar-refractivity contribution in [2.45, 2.75) is 76.8 Å². The van der Waals surface area contributed by atoms with Crippen molar-refractivity contribution in [3.8, 4) is 0 Å². The molecule has 1 aliphatic heterocycles. The third kappa shape index (κ3) is 4.40. The number of nitrogens with zero attached hydrogens (tertiary/aromatic N) is 2. The number of guanidine groups is 1. The Labute approximate surface area is 201 Å². The molecule has 2 amide bonds. The number of likely N-dealkylation sites (tertiary alicyclic amines) is 1. The highest BCUT2D eigenvalue weighted by Crippen LogP contribution is 2.66. The Morgan fingerprint density at radius 3 is 2.15 bits per heavy atom. The van der Waals surface area contributed by atoms with Gasteiger partial charge in [0.15, 0.2) is 5.96 Å². The quantitative estimate of drug-likeness (QED) is 0.235. The predicted molar refractivity (Wildman–Crippen MR) is 130 cm³/mol. The second-order valence-corrected chi connectivity index (χ2v) is 12.1. The van der Waals surface area contributed by atoms with Crippen LogP contribution in [-0.4, -0.2) is 52.6 Å². The topological polar surface area (TPSA) is 120 Å². The number of aliphatic imine (C=N–C) groups is 1. The summed E-state index contributed by atoms with van der Waals surface area (Å²) in [6.45, 7) is 6.17. The van der Waals surface area contributed by atoms with Crippen LogP contribution in [0.1, 0.15) is 85.9 Å². The van der Waals surface area contributed by atoms with Crippen molar-refractivity contribution in [1.82, 2.24) is 15.7 Å². The van der Waals surface area contributed by atoms with Gasteiger partial charge in [0.25, 0.3) is 11.8 Å². The number of carbonyl (C=O) groups excluding carboxylic acids is 2. The number of piperidine rings is 1. The van der Waals surface area contributed by atoms with Gasteiger partial charge in [-0.25, -0.2) is 10.5 Å². The highest BCUT2D eigenvalue weighted by molar-refractivity contribution is 5.97. The van der Waals surface area contributed by atoms with Gasteiger partial charge in [0.1, 0.15) is 0 Å². The van der Waals surface area contributed by atoms with Crippen molar-refractivity contribution >= 4 is 17.8 Å². The molecule has 2 unspecified atom stereocenters. The summed E-state index contributed by atoms with van der Waals surface area (Å²) in [5.41, 5.74) is 9.82. The van der Waals surface area contributed by atoms with Crippen LogP contribution in [0.3, 0.4) is 0 Å². The minimum Gasteiger partial charge on any atom is -0.370 e. The van der Waals surface area contributed by atoms with Crippen LogP contribution >= 0.6 is 0 Å². The van der Waals surface area contributed by atoms with Gasteiger partial charge in [-0.3, -0.25) is 14.8 Å². The summed E-state index contributed by atoms with van der Waals surface area (Å²) in [5, 5.41) is 12.4. The molecular weight excluding hydrogens is 430 g/mol. The van der Waals surface area contributed by atoms with Gasteiger partial charge in [-0.15, -0.1) is 0 Å². The lowest BCUT2D eigenvalue weighted by Gasteiger charge is -2.65. The van der Waals surface area contributed by atoms with Gasteiger partial charge in [0.05, 0.1) is 6.04 Å². The van der Waals surface area contributed by atoms with Gasteiger partial charge < -0.3 is 16.0 Å². The number of hydrogen-bond acceptors (Lipinski definition) is 4. The Morgan fingerprint density at radius 2 is 1.59 bits per heavy atom. The highest BCUT2D eigenvalue weighted by Gasteiger charge is 2.60. The first-order chi connectivity index (χ1) is 16.1. The third-order valence-corrected chi connectivity index (χ3v) is 8.59. The number of hydrogen-bond donors (Lipinski definition) is 4. The van der Waals surface area contributed by atoms with E-state index in [9.17, 15) is 9.59 Å². The summed E-state index contributed by atoms with van der Waals surface area (Å²) in [7, 11) is 0. The summed E-state index contributed by atoms with van der Waals surface area (Å²) < 4.78 is 0. The van der Waals surface area contributed by atoms with Crippen molar-refractivity contribution in [3.63, 3.8) is 0 Å². The normalized spacial score (nSPS) is 35.3. The van der Waals surface area contributed by atoms with E-state index in [0.29, 0.717) is 41.0 Å². The molecule has 184 valence electrons. The molecule has 1 aromatic rings. The molecule has 6 rings (SSSR count). The van der Waals surface area contributed by atoms with E-state index in [4.69, 9.17) is 15.9 Å². The zero-order chi connectivity index (χ0) is 24.1. The largest absolute Gasteiger partial charge is 0.370 e. The SMILES string of the molecule is C[C@]12CC3CC(NC(N)=NC4CCN(C(=O)c5ccc(C(=O)NO)cc5)CC4)(C1)C[C@@](C)(C3)C2. The average molecular weight is 468 g/mol. The average Bonchev–Trinajstić information content (AvgIpc) is 2.75. The zero-order valence-corrected chi connectivity index (χ0v) is 20.3. The van der Waals surface area contributed by atoms with Crippen molar-refractivity contribution < 1.29 is 14.8 Å². The van der Waals surface area contributed by atoms with Gasteiger partial charge in [0, 0.05) is 29.8 Å². The Bertz CT molecular complexity index is 980. The molecule has 1 saturated heterocycles. The van der Waals surface area contributed by atoms with Crippen molar-refractivity contribution in [2.75, 3.05) is 13.1 Å². The first-order valence-corrected chi connectivity index (χ1v) is 12.6. The van der Waals surface area contributed by atoms with Crippen LogP contribution in [0, 0.1) is 16.7 Å². The molecule has 5 N–H and O–H groups in total. The molecule has 0 spiro atoms. The highest BCUT2D eigenvalue weighted by atomic mass is 16.5. The van der Waals surface area contributed by atoms with Crippen LogP contribution in [0.15, 0.2) is 29.3 Å². The minimum absolute atomic E-state index is 0.0560. The summed E-state index contributed by atoms with van der Waals surface area (Å²) in [6, 6.07) is 6.42. The fraction of sp³-hybridized carbons (Fsp3) is 0.654. The first-order valence-electron chi connectivity index (χ1n) is 12.6. The number of rotatable bonds is 4. The Balaban J connectivity index is 1.17. The summed E-state index contributed by atoms with van der Waals surface area (Å²) >= 11 is 0. The lowest BCUT2D eigenvalue weighted by Crippen LogP contribution is -2.66. The van der Waals surface area contributed by atoms with E-state index >= 15 is 0 Å². The van der Waals surface area contributed by atoms with Crippen LogP contribution in [-0.2, 0) is 0 Å². The molecule has 8 nitrogen and oxygen atoms in total. The lowest BCUT2D eigenvalue weighted by atomic mass is 9.43. The van der Waals surface area contributed by atoms with Crippen LogP contribution < -0.4 is 16.5 Å². The molecular formula is C26H37N5O3. The van der Waals surface area contributed by atoms with E-state index in [2.05, 4.69) is 19.2 Å². The molecule has 0 aromatic heterocycles. The smallest absolute Gasteiger partial charge is 0.274 e. The van der Waals surface area contributed by atoms with E-state index in [1.807, 2.05) is 4.90 Å². The van der Waals surface area contributed by atoms with Gasteiger partial charge in [-0.1, -0.05) is 13.8 Å². The molecule has 1 aromatic carbocycles. The van der Waals surface area contributed by atoms with Crippen molar-refractivity contribution in [3.05, 3.63) is 35.4 Å². The van der Waals surface area contributed by atoms with Gasteiger partial charge in [0.2, 0.25) is 0 Å². The van der Waals surface area contributed by atoms with E-state index in [0.717, 1.165) is 18.8 Å². The number of amides is 2. The zero-order valence-electron chi connectivity index (χ0n) is 20.3. The third-order valence-electron chi connectivity index (χ3n) is 8.59. The maximum Gasteiger partial charge on any atom is 0.274 e. The predicted octanol–water partition coefficient (Wildman–Crippen LogP) is 3.06. The molecule has 5 aliphatic rings. The van der Waals surface area contributed by atoms with Gasteiger partial charge in [-0.05, 0) is 92.4 Å². The molecule has 4 aliphatic carbocycles. The van der Waals surface area contributed by atoms with Gasteiger partial charge in [-0.2, -0.15) is 0 Å². The fourth-order valence-corrected chi connectivity index (χ4v) is 8.30. The molecule has 0 radical (unpaired) electrons. The second-order valence-electron chi connectivity index (χ2n) is 12.1. The standard InChI is InChI=1S/C26H37N5O3/c1-24-11-17-12-25(2,14-24)16-26(13-17,15-24)29-23(27)28-20-7-9-31(10-8-20)22(33)19-5-3-18(4-6-19)21(32)30-34/h3-6,17,20,34H,7-16H2,1-2H3,(H,30,32)(H3,27,28,29)/t17?,24-,25+,26?. The monoisotopic (exact) mass is 467 g/mol. The number of carbonyl (C=O) groups is 2. The number of nitrogens with one attached hydrogen (secondary N) is 2. The number of benzene rings is 1. The maximum atomic E-state index is 12.9. The van der Waals surface area contributed by atoms with E-state index in [1.165, 1.54) is 50.7 Å². The molecule has 5 fully saturated rings. The Kier molecular flexibility index (Phi) is 5.62. The van der Waals surface area contributed by atoms with Crippen molar-refractivity contribution in [1.29, 1.82) is 0 Å². The molecule has 4 saturated carbocycles. The van der Waals surface area contributed by atoms with E-state index < -0.39 is 5.91 Å². The Morgan fingerprint density at radius 1 is 1.00 bits per heavy atom. The maximum absolute atomic E-state index is 12.9. The second kappa shape index (κ2) is 8.26. The summed E-state index contributed by atoms with van der Waals surface area (Å²) in [6.07, 6.45) is 9.19. The van der Waals surface area contributed by atoms with Crippen LogP contribution in [0.4, 0.5) is 0 Å². The van der Waals surface area contributed by atoms with E-state index in [1.54, 1.807) is 17.6 Å². The number of hydroxylamine groups is 1.